The summed E-state index contributed by atoms with van der Waals surface area (Å²) in [4.78, 5) is 27.5. The molecule has 0 bridgehead atoms. The van der Waals surface area contributed by atoms with E-state index in [2.05, 4.69) is 36.9 Å². The summed E-state index contributed by atoms with van der Waals surface area (Å²) in [6.07, 6.45) is 9.64. The molecule has 0 saturated carbocycles. The largest absolute Gasteiger partial charge is 0.466 e. The molecule has 2 aliphatic heterocycles. The SMILES string of the molecule is Cc1cccc(C)c1CC(=O)C1CCCCN1CCCOC(=O)CCCC[C@@H]1CCSS1. The molecule has 1 aromatic rings. The van der Waals surface area contributed by atoms with Crippen LogP contribution in [-0.4, -0.2) is 53.4 Å². The van der Waals surface area contributed by atoms with Crippen molar-refractivity contribution in [3.8, 4) is 0 Å². The van der Waals surface area contributed by atoms with Crippen molar-refractivity contribution in [2.45, 2.75) is 89.3 Å². The summed E-state index contributed by atoms with van der Waals surface area (Å²) in [5, 5.41) is 0.783. The Bertz CT molecular complexity index is 728. The molecule has 0 radical (unpaired) electrons. The van der Waals surface area contributed by atoms with Crippen molar-refractivity contribution in [1.29, 1.82) is 0 Å². The monoisotopic (exact) mass is 477 g/mol. The summed E-state index contributed by atoms with van der Waals surface area (Å²) >= 11 is 0. The number of carbonyl (C=O) groups excluding carboxylic acids is 2. The Balaban J connectivity index is 1.34. The van der Waals surface area contributed by atoms with Crippen molar-refractivity contribution in [3.05, 3.63) is 34.9 Å². The van der Waals surface area contributed by atoms with Gasteiger partial charge in [-0.05, 0) is 75.6 Å². The third-order valence-electron chi connectivity index (χ3n) is 6.72. The van der Waals surface area contributed by atoms with Crippen LogP contribution in [0, 0.1) is 13.8 Å². The molecule has 6 heteroatoms. The average molecular weight is 478 g/mol. The van der Waals surface area contributed by atoms with Gasteiger partial charge in [-0.3, -0.25) is 14.5 Å². The van der Waals surface area contributed by atoms with E-state index in [1.165, 1.54) is 35.3 Å². The lowest BCUT2D eigenvalue weighted by Gasteiger charge is -2.35. The fraction of sp³-hybridized carbons (Fsp3) is 0.692. The van der Waals surface area contributed by atoms with Gasteiger partial charge < -0.3 is 4.74 Å². The highest BCUT2D eigenvalue weighted by molar-refractivity contribution is 8.77. The van der Waals surface area contributed by atoms with Gasteiger partial charge in [0.2, 0.25) is 0 Å². The first-order valence-corrected chi connectivity index (χ1v) is 14.7. The highest BCUT2D eigenvalue weighted by Crippen LogP contribution is 2.39. The summed E-state index contributed by atoms with van der Waals surface area (Å²) in [7, 11) is 3.98. The van der Waals surface area contributed by atoms with Crippen LogP contribution in [-0.2, 0) is 20.7 Å². The first-order valence-electron chi connectivity index (χ1n) is 12.3. The molecular weight excluding hydrogens is 438 g/mol. The van der Waals surface area contributed by atoms with E-state index in [1.54, 1.807) is 0 Å². The molecular formula is C26H39NO3S2. The maximum Gasteiger partial charge on any atom is 0.305 e. The Morgan fingerprint density at radius 3 is 2.66 bits per heavy atom. The van der Waals surface area contributed by atoms with E-state index in [0.717, 1.165) is 56.9 Å². The van der Waals surface area contributed by atoms with Gasteiger partial charge in [0.1, 0.15) is 0 Å². The molecule has 178 valence electrons. The topological polar surface area (TPSA) is 46.6 Å². The van der Waals surface area contributed by atoms with Gasteiger partial charge in [-0.25, -0.2) is 0 Å². The zero-order valence-electron chi connectivity index (χ0n) is 19.8. The van der Waals surface area contributed by atoms with Gasteiger partial charge in [0.05, 0.1) is 12.6 Å². The van der Waals surface area contributed by atoms with Crippen LogP contribution in [0.2, 0.25) is 0 Å². The molecule has 1 unspecified atom stereocenters. The van der Waals surface area contributed by atoms with E-state index >= 15 is 0 Å². The van der Waals surface area contributed by atoms with Gasteiger partial charge in [-0.1, -0.05) is 52.6 Å². The number of esters is 1. The number of carbonyl (C=O) groups is 2. The number of Topliss-reactive ketones (excluding diaryl/α,β-unsaturated/α-hetero) is 1. The predicted molar refractivity (Wildman–Crippen MR) is 136 cm³/mol. The van der Waals surface area contributed by atoms with Crippen LogP contribution in [0.4, 0.5) is 0 Å². The summed E-state index contributed by atoms with van der Waals surface area (Å²) in [5.41, 5.74) is 3.59. The van der Waals surface area contributed by atoms with Crippen molar-refractivity contribution < 1.29 is 14.3 Å². The predicted octanol–water partition coefficient (Wildman–Crippen LogP) is 5.92. The Labute approximate surface area is 202 Å². The van der Waals surface area contributed by atoms with Crippen LogP contribution >= 0.6 is 21.6 Å². The lowest BCUT2D eigenvalue weighted by molar-refractivity contribution is -0.144. The fourth-order valence-corrected chi connectivity index (χ4v) is 7.80. The van der Waals surface area contributed by atoms with E-state index in [4.69, 9.17) is 4.74 Å². The number of piperidine rings is 1. The Hall–Kier alpha value is -0.980. The van der Waals surface area contributed by atoms with Crippen molar-refractivity contribution >= 4 is 33.3 Å². The lowest BCUT2D eigenvalue weighted by Crippen LogP contribution is -2.46. The van der Waals surface area contributed by atoms with Gasteiger partial charge in [-0.15, -0.1) is 0 Å². The minimum absolute atomic E-state index is 0.00470. The fourth-order valence-electron chi connectivity index (χ4n) is 4.77. The second-order valence-corrected chi connectivity index (χ2v) is 12.0. The molecule has 0 amide bonds. The Morgan fingerprint density at radius 2 is 1.91 bits per heavy atom. The minimum atomic E-state index is -0.0697. The zero-order chi connectivity index (χ0) is 22.8. The molecule has 2 aliphatic rings. The van der Waals surface area contributed by atoms with Crippen molar-refractivity contribution in [2.75, 3.05) is 25.4 Å². The van der Waals surface area contributed by atoms with E-state index in [9.17, 15) is 9.59 Å². The third-order valence-corrected chi connectivity index (χ3v) is 9.72. The summed E-state index contributed by atoms with van der Waals surface area (Å²) in [5.74, 6) is 1.53. The summed E-state index contributed by atoms with van der Waals surface area (Å²) in [6, 6.07) is 6.25. The molecule has 32 heavy (non-hydrogen) atoms. The van der Waals surface area contributed by atoms with E-state index in [1.807, 2.05) is 21.6 Å². The second-order valence-electron chi connectivity index (χ2n) is 9.21. The van der Waals surface area contributed by atoms with Gasteiger partial charge in [-0.2, -0.15) is 0 Å². The van der Waals surface area contributed by atoms with Crippen LogP contribution < -0.4 is 0 Å². The van der Waals surface area contributed by atoms with Gasteiger partial charge in [0.15, 0.2) is 5.78 Å². The average Bonchev–Trinajstić information content (AvgIpc) is 3.31. The zero-order valence-corrected chi connectivity index (χ0v) is 21.4. The quantitative estimate of drug-likeness (QED) is 0.212. The normalized spacial score (nSPS) is 21.6. The van der Waals surface area contributed by atoms with Crippen LogP contribution in [0.3, 0.4) is 0 Å². The number of rotatable bonds is 12. The molecule has 2 heterocycles. The first-order chi connectivity index (χ1) is 15.5. The Morgan fingerprint density at radius 1 is 1.09 bits per heavy atom. The second kappa shape index (κ2) is 13.7. The maximum atomic E-state index is 13.1. The smallest absolute Gasteiger partial charge is 0.305 e. The standard InChI is InChI=1S/C26H39NO3S2/c1-20-9-7-10-21(2)23(20)19-25(28)24-12-5-6-15-27(24)16-8-17-30-26(29)13-4-3-11-22-14-18-31-32-22/h7,9-10,22,24H,3-6,8,11-19H2,1-2H3/t22-,24?/m1/s1. The van der Waals surface area contributed by atoms with Crippen molar-refractivity contribution in [1.82, 2.24) is 4.90 Å². The lowest BCUT2D eigenvalue weighted by atomic mass is 9.91. The van der Waals surface area contributed by atoms with Gasteiger partial charge in [0, 0.05) is 30.4 Å². The van der Waals surface area contributed by atoms with Gasteiger partial charge in [0.25, 0.3) is 0 Å². The molecule has 0 N–H and O–H groups in total. The van der Waals surface area contributed by atoms with E-state index < -0.39 is 0 Å². The Kier molecular flexibility index (Phi) is 10.9. The van der Waals surface area contributed by atoms with E-state index in [0.29, 0.717) is 25.2 Å². The molecule has 1 aromatic carbocycles. The van der Waals surface area contributed by atoms with Crippen LogP contribution in [0.15, 0.2) is 18.2 Å². The summed E-state index contributed by atoms with van der Waals surface area (Å²) < 4.78 is 5.47. The third kappa shape index (κ3) is 8.11. The van der Waals surface area contributed by atoms with Crippen LogP contribution in [0.25, 0.3) is 0 Å². The minimum Gasteiger partial charge on any atom is -0.466 e. The van der Waals surface area contributed by atoms with Crippen molar-refractivity contribution in [2.24, 2.45) is 0 Å². The molecule has 0 aromatic heterocycles. The number of ketones is 1. The summed E-state index contributed by atoms with van der Waals surface area (Å²) in [6.45, 7) is 6.44. The molecule has 2 fully saturated rings. The number of likely N-dealkylation sites (tertiary alicyclic amines) is 1. The maximum absolute atomic E-state index is 13.1. The number of hydrogen-bond donors (Lipinski definition) is 0. The number of hydrogen-bond acceptors (Lipinski definition) is 6. The number of benzene rings is 1. The van der Waals surface area contributed by atoms with Gasteiger partial charge >= 0.3 is 5.97 Å². The molecule has 3 rings (SSSR count). The van der Waals surface area contributed by atoms with E-state index in [-0.39, 0.29) is 12.0 Å². The molecule has 0 spiro atoms. The molecule has 2 saturated heterocycles. The number of unbranched alkanes of at least 4 members (excludes halogenated alkanes) is 1. The highest BCUT2D eigenvalue weighted by atomic mass is 33.1. The number of aryl methyl sites for hydroxylation is 2. The van der Waals surface area contributed by atoms with Crippen molar-refractivity contribution in [3.63, 3.8) is 0 Å². The number of ether oxygens (including phenoxy) is 1. The van der Waals surface area contributed by atoms with Crippen LogP contribution in [0.5, 0.6) is 0 Å². The highest BCUT2D eigenvalue weighted by Gasteiger charge is 2.28. The molecule has 0 aliphatic carbocycles. The first kappa shape index (κ1) is 25.6. The molecule has 4 nitrogen and oxygen atoms in total. The van der Waals surface area contributed by atoms with Crippen LogP contribution in [0.1, 0.15) is 74.5 Å². The molecule has 2 atom stereocenters. The number of nitrogens with zero attached hydrogens (tertiary/aromatic N) is 1.